The first-order chi connectivity index (χ1) is 10.2. The van der Waals surface area contributed by atoms with E-state index in [-0.39, 0.29) is 5.60 Å². The number of hydrogen-bond acceptors (Lipinski definition) is 2. The third-order valence-electron chi connectivity index (χ3n) is 4.88. The highest BCUT2D eigenvalue weighted by molar-refractivity contribution is 5.46. The molecule has 0 aromatic heterocycles. The number of likely N-dealkylation sites (N-methyl/N-ethyl adjacent to an activating group) is 1. The lowest BCUT2D eigenvalue weighted by atomic mass is 9.79. The molecule has 0 amide bonds. The number of nitrogens with zero attached hydrogens (tertiary/aromatic N) is 1. The number of fused-ring (bicyclic) bond motifs is 1. The van der Waals surface area contributed by atoms with Crippen LogP contribution in [0.1, 0.15) is 50.0 Å². The highest BCUT2D eigenvalue weighted by Gasteiger charge is 2.46. The van der Waals surface area contributed by atoms with E-state index in [4.69, 9.17) is 4.74 Å². The van der Waals surface area contributed by atoms with Gasteiger partial charge in [0.25, 0.3) is 0 Å². The van der Waals surface area contributed by atoms with Crippen molar-refractivity contribution in [2.24, 2.45) is 0 Å². The Bertz CT molecular complexity index is 498. The molecule has 1 saturated carbocycles. The summed E-state index contributed by atoms with van der Waals surface area (Å²) in [6, 6.07) is 8.63. The van der Waals surface area contributed by atoms with Gasteiger partial charge >= 0.3 is 0 Å². The average Bonchev–Trinajstić information content (AvgIpc) is 2.60. The second kappa shape index (κ2) is 6.23. The zero-order chi connectivity index (χ0) is 14.7. The first kappa shape index (κ1) is 14.6. The third kappa shape index (κ3) is 3.01. The zero-order valence-corrected chi connectivity index (χ0v) is 13.3. The van der Waals surface area contributed by atoms with E-state index in [0.29, 0.717) is 5.92 Å². The van der Waals surface area contributed by atoms with Gasteiger partial charge in [0.15, 0.2) is 0 Å². The summed E-state index contributed by atoms with van der Waals surface area (Å²) in [5.74, 6) is 1.53. The quantitative estimate of drug-likeness (QED) is 0.764. The SMILES string of the molecule is CN(C)CC=CC1c2ccccc2OC12CCCCCC2. The molecule has 0 bridgehead atoms. The van der Waals surface area contributed by atoms with Crippen LogP contribution in [0.5, 0.6) is 5.75 Å². The Morgan fingerprint density at radius 2 is 1.86 bits per heavy atom. The molecule has 114 valence electrons. The van der Waals surface area contributed by atoms with Crippen LogP contribution >= 0.6 is 0 Å². The van der Waals surface area contributed by atoms with Gasteiger partial charge < -0.3 is 9.64 Å². The van der Waals surface area contributed by atoms with Crippen molar-refractivity contribution in [1.29, 1.82) is 0 Å². The number of ether oxygens (including phenoxy) is 1. The molecule has 2 heteroatoms. The Morgan fingerprint density at radius 1 is 1.14 bits per heavy atom. The van der Waals surface area contributed by atoms with Crippen LogP contribution in [-0.4, -0.2) is 31.1 Å². The molecule has 1 atom stereocenters. The van der Waals surface area contributed by atoms with Gasteiger partial charge in [0.2, 0.25) is 0 Å². The summed E-state index contributed by atoms with van der Waals surface area (Å²) >= 11 is 0. The summed E-state index contributed by atoms with van der Waals surface area (Å²) < 4.78 is 6.52. The molecular formula is C19H27NO. The van der Waals surface area contributed by atoms with Gasteiger partial charge in [0.05, 0.1) is 0 Å². The standard InChI is InChI=1S/C19H27NO/c1-20(2)15-9-11-17-16-10-5-6-12-18(16)21-19(17)13-7-3-4-8-14-19/h5-6,9-12,17H,3-4,7-8,13-15H2,1-2H3. The minimum atomic E-state index is 0.0169. The van der Waals surface area contributed by atoms with Crippen molar-refractivity contribution in [3.05, 3.63) is 42.0 Å². The van der Waals surface area contributed by atoms with Crippen molar-refractivity contribution >= 4 is 0 Å². The lowest BCUT2D eigenvalue weighted by Crippen LogP contribution is -2.36. The fourth-order valence-electron chi connectivity index (χ4n) is 3.82. The molecule has 2 aliphatic rings. The monoisotopic (exact) mass is 285 g/mol. The molecule has 1 aromatic carbocycles. The highest BCUT2D eigenvalue weighted by Crippen LogP contribution is 2.51. The van der Waals surface area contributed by atoms with Crippen molar-refractivity contribution in [2.45, 2.75) is 50.0 Å². The number of benzene rings is 1. The van der Waals surface area contributed by atoms with Gasteiger partial charge in [-0.1, -0.05) is 43.2 Å². The highest BCUT2D eigenvalue weighted by atomic mass is 16.5. The van der Waals surface area contributed by atoms with E-state index in [9.17, 15) is 0 Å². The Hall–Kier alpha value is -1.28. The second-order valence-corrected chi connectivity index (χ2v) is 6.79. The molecule has 1 fully saturated rings. The predicted octanol–water partition coefficient (Wildman–Crippen LogP) is 4.37. The normalized spacial score (nSPS) is 24.2. The molecule has 1 spiro atoms. The topological polar surface area (TPSA) is 12.5 Å². The smallest absolute Gasteiger partial charge is 0.124 e. The molecule has 1 aromatic rings. The summed E-state index contributed by atoms with van der Waals surface area (Å²) in [7, 11) is 4.23. The third-order valence-corrected chi connectivity index (χ3v) is 4.88. The van der Waals surface area contributed by atoms with Crippen LogP contribution in [0.4, 0.5) is 0 Å². The maximum atomic E-state index is 6.52. The van der Waals surface area contributed by atoms with Crippen molar-refractivity contribution in [1.82, 2.24) is 4.90 Å². The predicted molar refractivity (Wildman–Crippen MR) is 87.9 cm³/mol. The van der Waals surface area contributed by atoms with Crippen molar-refractivity contribution in [3.8, 4) is 5.75 Å². The second-order valence-electron chi connectivity index (χ2n) is 6.79. The first-order valence-electron chi connectivity index (χ1n) is 8.31. The molecule has 1 heterocycles. The van der Waals surface area contributed by atoms with Crippen molar-refractivity contribution in [3.63, 3.8) is 0 Å². The van der Waals surface area contributed by atoms with Crippen LogP contribution in [0.3, 0.4) is 0 Å². The van der Waals surface area contributed by atoms with E-state index < -0.39 is 0 Å². The van der Waals surface area contributed by atoms with Crippen LogP contribution in [-0.2, 0) is 0 Å². The van der Waals surface area contributed by atoms with E-state index in [1.165, 1.54) is 44.1 Å². The Labute approximate surface area is 128 Å². The summed E-state index contributed by atoms with van der Waals surface area (Å²) in [5.41, 5.74) is 1.40. The molecule has 0 saturated heterocycles. The fraction of sp³-hybridized carbons (Fsp3) is 0.579. The molecule has 0 radical (unpaired) electrons. The van der Waals surface area contributed by atoms with Crippen LogP contribution in [0, 0.1) is 0 Å². The molecule has 1 aliphatic carbocycles. The molecule has 21 heavy (non-hydrogen) atoms. The van der Waals surface area contributed by atoms with Crippen molar-refractivity contribution in [2.75, 3.05) is 20.6 Å². The Morgan fingerprint density at radius 3 is 2.57 bits per heavy atom. The van der Waals surface area contributed by atoms with E-state index in [0.717, 1.165) is 12.3 Å². The lowest BCUT2D eigenvalue weighted by molar-refractivity contribution is 0.0640. The van der Waals surface area contributed by atoms with Crippen LogP contribution in [0.15, 0.2) is 36.4 Å². The van der Waals surface area contributed by atoms with E-state index in [1.807, 2.05) is 0 Å². The van der Waals surface area contributed by atoms with E-state index in [2.05, 4.69) is 55.4 Å². The van der Waals surface area contributed by atoms with Gasteiger partial charge in [-0.3, -0.25) is 0 Å². The van der Waals surface area contributed by atoms with Gasteiger partial charge in [-0.2, -0.15) is 0 Å². The van der Waals surface area contributed by atoms with Gasteiger partial charge in [0, 0.05) is 18.0 Å². The van der Waals surface area contributed by atoms with Gasteiger partial charge in [-0.15, -0.1) is 0 Å². The number of para-hydroxylation sites is 1. The van der Waals surface area contributed by atoms with Crippen LogP contribution in [0.2, 0.25) is 0 Å². The molecular weight excluding hydrogens is 258 g/mol. The minimum absolute atomic E-state index is 0.0169. The summed E-state index contributed by atoms with van der Waals surface area (Å²) in [5, 5.41) is 0. The van der Waals surface area contributed by atoms with E-state index >= 15 is 0 Å². The maximum absolute atomic E-state index is 6.52. The Kier molecular flexibility index (Phi) is 4.34. The molecule has 1 aliphatic heterocycles. The van der Waals surface area contributed by atoms with E-state index in [1.54, 1.807) is 0 Å². The molecule has 3 rings (SSSR count). The summed E-state index contributed by atoms with van der Waals surface area (Å²) in [4.78, 5) is 2.21. The number of rotatable bonds is 3. The molecule has 1 unspecified atom stereocenters. The molecule has 0 N–H and O–H groups in total. The van der Waals surface area contributed by atoms with Gasteiger partial charge in [-0.25, -0.2) is 0 Å². The zero-order valence-electron chi connectivity index (χ0n) is 13.3. The maximum Gasteiger partial charge on any atom is 0.124 e. The van der Waals surface area contributed by atoms with Crippen LogP contribution in [0.25, 0.3) is 0 Å². The Balaban J connectivity index is 1.90. The summed E-state index contributed by atoms with van der Waals surface area (Å²) in [6.07, 6.45) is 12.4. The minimum Gasteiger partial charge on any atom is -0.486 e. The molecule has 2 nitrogen and oxygen atoms in total. The number of hydrogen-bond donors (Lipinski definition) is 0. The first-order valence-corrected chi connectivity index (χ1v) is 8.31. The fourth-order valence-corrected chi connectivity index (χ4v) is 3.82. The van der Waals surface area contributed by atoms with Crippen molar-refractivity contribution < 1.29 is 4.74 Å². The summed E-state index contributed by atoms with van der Waals surface area (Å²) in [6.45, 7) is 0.995. The van der Waals surface area contributed by atoms with Gasteiger partial charge in [0.1, 0.15) is 11.4 Å². The van der Waals surface area contributed by atoms with Gasteiger partial charge in [-0.05, 0) is 45.8 Å². The average molecular weight is 285 g/mol. The lowest BCUT2D eigenvalue weighted by Gasteiger charge is -2.32. The van der Waals surface area contributed by atoms with Crippen LogP contribution < -0.4 is 4.74 Å². The largest absolute Gasteiger partial charge is 0.486 e.